The highest BCUT2D eigenvalue weighted by Gasteiger charge is 2.34. The van der Waals surface area contributed by atoms with Crippen molar-refractivity contribution in [2.75, 3.05) is 29.1 Å². The van der Waals surface area contributed by atoms with Gasteiger partial charge in [0.15, 0.2) is 11.3 Å². The monoisotopic (exact) mass is 493 g/mol. The van der Waals surface area contributed by atoms with E-state index < -0.39 is 6.10 Å². The lowest BCUT2D eigenvalue weighted by Gasteiger charge is -2.34. The van der Waals surface area contributed by atoms with E-state index in [2.05, 4.69) is 15.6 Å². The number of ether oxygens (including phenoxy) is 1. The van der Waals surface area contributed by atoms with Crippen LogP contribution in [0.5, 0.6) is 5.75 Å². The maximum absolute atomic E-state index is 13.4. The van der Waals surface area contributed by atoms with Crippen molar-refractivity contribution in [1.82, 2.24) is 14.9 Å². The standard InChI is InChI=1S/C25H27N5O4S/c1-3-12-26-23(32)21-15-30(19-6-4-5-7-20(19)34-21)24(33)17-8-10-18(11-9-17)28-22(31)16-35-25-27-13-14-29(25)2/h4-11,13-14,21H,3,12,15-16H2,1-2H3,(H,26,32)(H,28,31). The number of carbonyl (C=O) groups is 3. The third kappa shape index (κ3) is 5.83. The Bertz CT molecular complexity index is 1210. The maximum atomic E-state index is 13.4. The Morgan fingerprint density at radius 3 is 2.63 bits per heavy atom. The Morgan fingerprint density at radius 1 is 1.14 bits per heavy atom. The molecule has 2 aromatic carbocycles. The molecule has 1 unspecified atom stereocenters. The number of aryl methyl sites for hydroxylation is 1. The van der Waals surface area contributed by atoms with Crippen LogP contribution in [0.2, 0.25) is 0 Å². The van der Waals surface area contributed by atoms with Crippen LogP contribution in [0, 0.1) is 0 Å². The molecule has 10 heteroatoms. The van der Waals surface area contributed by atoms with Crippen LogP contribution in [0.3, 0.4) is 0 Å². The van der Waals surface area contributed by atoms with Crippen LogP contribution < -0.4 is 20.3 Å². The van der Waals surface area contributed by atoms with Crippen LogP contribution in [-0.4, -0.2) is 52.2 Å². The van der Waals surface area contributed by atoms with Crippen molar-refractivity contribution in [3.8, 4) is 5.75 Å². The van der Waals surface area contributed by atoms with Gasteiger partial charge in [-0.25, -0.2) is 4.98 Å². The van der Waals surface area contributed by atoms with Crippen molar-refractivity contribution in [3.05, 3.63) is 66.5 Å². The maximum Gasteiger partial charge on any atom is 0.262 e. The summed E-state index contributed by atoms with van der Waals surface area (Å²) >= 11 is 1.34. The highest BCUT2D eigenvalue weighted by Crippen LogP contribution is 2.34. The van der Waals surface area contributed by atoms with E-state index >= 15 is 0 Å². The zero-order valence-corrected chi connectivity index (χ0v) is 20.4. The molecular weight excluding hydrogens is 466 g/mol. The lowest BCUT2D eigenvalue weighted by atomic mass is 10.1. The summed E-state index contributed by atoms with van der Waals surface area (Å²) in [4.78, 5) is 44.0. The van der Waals surface area contributed by atoms with Gasteiger partial charge in [-0.15, -0.1) is 0 Å². The fourth-order valence-corrected chi connectivity index (χ4v) is 4.33. The van der Waals surface area contributed by atoms with Crippen LogP contribution in [-0.2, 0) is 16.6 Å². The summed E-state index contributed by atoms with van der Waals surface area (Å²) in [6, 6.07) is 13.9. The van der Waals surface area contributed by atoms with Crippen molar-refractivity contribution < 1.29 is 19.1 Å². The van der Waals surface area contributed by atoms with E-state index in [1.54, 1.807) is 53.6 Å². The summed E-state index contributed by atoms with van der Waals surface area (Å²) in [7, 11) is 1.87. The summed E-state index contributed by atoms with van der Waals surface area (Å²) in [6.07, 6.45) is 3.52. The first-order chi connectivity index (χ1) is 17.0. The number of fused-ring (bicyclic) bond motifs is 1. The predicted octanol–water partition coefficient (Wildman–Crippen LogP) is 3.08. The number of anilines is 2. The van der Waals surface area contributed by atoms with Gasteiger partial charge in [0.1, 0.15) is 5.75 Å². The number of imidazole rings is 1. The van der Waals surface area contributed by atoms with Gasteiger partial charge in [-0.3, -0.25) is 14.4 Å². The van der Waals surface area contributed by atoms with Crippen molar-refractivity contribution in [2.45, 2.75) is 24.6 Å². The fraction of sp³-hybridized carbons (Fsp3) is 0.280. The van der Waals surface area contributed by atoms with Crippen LogP contribution in [0.1, 0.15) is 23.7 Å². The molecule has 0 radical (unpaired) electrons. The summed E-state index contributed by atoms with van der Waals surface area (Å²) < 4.78 is 7.71. The number of para-hydroxylation sites is 2. The third-order valence-electron chi connectivity index (χ3n) is 5.39. The minimum Gasteiger partial charge on any atom is -0.477 e. The molecule has 0 spiro atoms. The Morgan fingerprint density at radius 2 is 1.91 bits per heavy atom. The van der Waals surface area contributed by atoms with Crippen LogP contribution in [0.15, 0.2) is 66.1 Å². The average Bonchev–Trinajstić information content (AvgIpc) is 3.29. The smallest absolute Gasteiger partial charge is 0.262 e. The van der Waals surface area contributed by atoms with E-state index in [1.807, 2.05) is 30.8 Å². The molecule has 35 heavy (non-hydrogen) atoms. The number of carbonyl (C=O) groups excluding carboxylic acids is 3. The normalized spacial score (nSPS) is 14.6. The number of aromatic nitrogens is 2. The molecule has 2 heterocycles. The lowest BCUT2D eigenvalue weighted by molar-refractivity contribution is -0.127. The molecule has 2 N–H and O–H groups in total. The Kier molecular flexibility index (Phi) is 7.71. The molecule has 1 atom stereocenters. The molecule has 9 nitrogen and oxygen atoms in total. The Labute approximate surface area is 207 Å². The summed E-state index contributed by atoms with van der Waals surface area (Å²) in [6.45, 7) is 2.62. The van der Waals surface area contributed by atoms with Crippen molar-refractivity contribution in [3.63, 3.8) is 0 Å². The van der Waals surface area contributed by atoms with Gasteiger partial charge in [-0.05, 0) is 42.8 Å². The second-order valence-electron chi connectivity index (χ2n) is 8.02. The summed E-state index contributed by atoms with van der Waals surface area (Å²) in [5, 5.41) is 6.42. The van der Waals surface area contributed by atoms with E-state index in [4.69, 9.17) is 4.74 Å². The zero-order chi connectivity index (χ0) is 24.8. The number of hydrogen-bond donors (Lipinski definition) is 2. The van der Waals surface area contributed by atoms with Gasteiger partial charge in [-0.1, -0.05) is 30.8 Å². The molecule has 182 valence electrons. The minimum atomic E-state index is -0.796. The van der Waals surface area contributed by atoms with Gasteiger partial charge >= 0.3 is 0 Å². The molecular formula is C25H27N5O4S. The number of nitrogens with zero attached hydrogens (tertiary/aromatic N) is 3. The molecule has 3 amide bonds. The number of thioether (sulfide) groups is 1. The fourth-order valence-electron chi connectivity index (χ4n) is 3.60. The Balaban J connectivity index is 1.43. The van der Waals surface area contributed by atoms with Gasteiger partial charge in [0, 0.05) is 37.2 Å². The molecule has 1 aliphatic rings. The number of nitrogens with one attached hydrogen (secondary N) is 2. The molecule has 1 aromatic heterocycles. The first kappa shape index (κ1) is 24.3. The zero-order valence-electron chi connectivity index (χ0n) is 19.6. The topological polar surface area (TPSA) is 106 Å². The van der Waals surface area contributed by atoms with Gasteiger partial charge in [0.05, 0.1) is 18.0 Å². The number of rotatable bonds is 8. The SMILES string of the molecule is CCCNC(=O)C1CN(C(=O)c2ccc(NC(=O)CSc3nccn3C)cc2)c2ccccc2O1. The summed E-state index contributed by atoms with van der Waals surface area (Å²) in [5.41, 5.74) is 1.64. The first-order valence-corrected chi connectivity index (χ1v) is 12.3. The second-order valence-corrected chi connectivity index (χ2v) is 8.96. The predicted molar refractivity (Wildman–Crippen MR) is 135 cm³/mol. The lowest BCUT2D eigenvalue weighted by Crippen LogP contribution is -2.50. The average molecular weight is 494 g/mol. The molecule has 0 bridgehead atoms. The quantitative estimate of drug-likeness (QED) is 0.467. The Hall–Kier alpha value is -3.79. The van der Waals surface area contributed by atoms with Gasteiger partial charge in [0.25, 0.3) is 11.8 Å². The van der Waals surface area contributed by atoms with E-state index in [0.717, 1.165) is 11.6 Å². The molecule has 1 aliphatic heterocycles. The van der Waals surface area contributed by atoms with E-state index in [9.17, 15) is 14.4 Å². The molecule has 0 fully saturated rings. The first-order valence-electron chi connectivity index (χ1n) is 11.3. The highest BCUT2D eigenvalue weighted by atomic mass is 32.2. The van der Waals surface area contributed by atoms with Crippen LogP contribution in [0.4, 0.5) is 11.4 Å². The minimum absolute atomic E-state index is 0.105. The highest BCUT2D eigenvalue weighted by molar-refractivity contribution is 7.99. The molecule has 4 rings (SSSR count). The van der Waals surface area contributed by atoms with E-state index in [-0.39, 0.29) is 30.0 Å². The van der Waals surface area contributed by atoms with Crippen LogP contribution >= 0.6 is 11.8 Å². The van der Waals surface area contributed by atoms with Gasteiger partial charge in [-0.2, -0.15) is 0 Å². The third-order valence-corrected chi connectivity index (χ3v) is 6.44. The van der Waals surface area contributed by atoms with Crippen molar-refractivity contribution >= 4 is 40.9 Å². The van der Waals surface area contributed by atoms with Crippen LogP contribution in [0.25, 0.3) is 0 Å². The second kappa shape index (κ2) is 11.1. The number of benzene rings is 2. The molecule has 0 aliphatic carbocycles. The van der Waals surface area contributed by atoms with Crippen molar-refractivity contribution in [2.24, 2.45) is 7.05 Å². The van der Waals surface area contributed by atoms with Crippen molar-refractivity contribution in [1.29, 1.82) is 0 Å². The molecule has 3 aromatic rings. The summed E-state index contributed by atoms with van der Waals surface area (Å²) in [5.74, 6) is 0.0354. The van der Waals surface area contributed by atoms with E-state index in [1.165, 1.54) is 11.8 Å². The van der Waals surface area contributed by atoms with E-state index in [0.29, 0.717) is 29.2 Å². The van der Waals surface area contributed by atoms with Gasteiger partial charge in [0.2, 0.25) is 5.91 Å². The number of hydrogen-bond acceptors (Lipinski definition) is 6. The largest absolute Gasteiger partial charge is 0.477 e. The molecule has 0 saturated carbocycles. The van der Waals surface area contributed by atoms with Gasteiger partial charge < -0.3 is 24.8 Å². The molecule has 0 saturated heterocycles. The number of amides is 3.